The Morgan fingerprint density at radius 1 is 1.39 bits per heavy atom. The lowest BCUT2D eigenvalue weighted by atomic mass is 10.1. The quantitative estimate of drug-likeness (QED) is 0.622. The second kappa shape index (κ2) is 5.93. The van der Waals surface area contributed by atoms with Gasteiger partial charge >= 0.3 is 6.09 Å². The van der Waals surface area contributed by atoms with Gasteiger partial charge in [-0.1, -0.05) is 11.6 Å². The summed E-state index contributed by atoms with van der Waals surface area (Å²) in [6.07, 6.45) is 0.421. The van der Waals surface area contributed by atoms with Crippen molar-refractivity contribution in [3.63, 3.8) is 0 Å². The Morgan fingerprint density at radius 3 is 2.78 bits per heavy atom. The predicted molar refractivity (Wildman–Crippen MR) is 83.7 cm³/mol. The molecule has 1 aliphatic heterocycles. The van der Waals surface area contributed by atoms with Crippen LogP contribution in [0.3, 0.4) is 0 Å². The molecule has 1 aliphatic rings. The third-order valence-corrected chi connectivity index (χ3v) is 4.20. The van der Waals surface area contributed by atoms with Crippen molar-refractivity contribution in [3.05, 3.63) is 22.5 Å². The van der Waals surface area contributed by atoms with Crippen molar-refractivity contribution in [3.8, 4) is 0 Å². The van der Waals surface area contributed by atoms with Crippen LogP contribution in [0.4, 0.5) is 15.0 Å². The molecule has 122 valence electrons. The molecular weight excluding hydrogens is 348 g/mol. The number of aromatic nitrogens is 3. The van der Waals surface area contributed by atoms with Gasteiger partial charge in [-0.05, 0) is 18.5 Å². The van der Waals surface area contributed by atoms with Gasteiger partial charge < -0.3 is 14.9 Å². The summed E-state index contributed by atoms with van der Waals surface area (Å²) >= 11 is 11.6. The van der Waals surface area contributed by atoms with E-state index in [4.69, 9.17) is 28.3 Å². The van der Waals surface area contributed by atoms with E-state index in [0.717, 1.165) is 0 Å². The standard InChI is InChI=1S/C13H12Cl2FN5O2/c1-6-5-20(13(22)23)2-3-21(6)11-7-4-17-10(14)8(16)9(7)18-12(15)19-11/h4,6H,2-3,5H2,1H3,(H,22,23). The maximum atomic E-state index is 14.1. The number of hydrogen-bond donors (Lipinski definition) is 1. The number of pyridine rings is 1. The van der Waals surface area contributed by atoms with Gasteiger partial charge in [0.1, 0.15) is 11.3 Å². The van der Waals surface area contributed by atoms with Crippen LogP contribution < -0.4 is 4.90 Å². The van der Waals surface area contributed by atoms with Crippen molar-refractivity contribution in [1.29, 1.82) is 0 Å². The summed E-state index contributed by atoms with van der Waals surface area (Å²) in [5.74, 6) is -0.341. The van der Waals surface area contributed by atoms with Crippen LogP contribution in [-0.4, -0.2) is 56.7 Å². The SMILES string of the molecule is CC1CN(C(=O)O)CCN1c1nc(Cl)nc2c(F)c(Cl)ncc12. The third kappa shape index (κ3) is 2.84. The van der Waals surface area contributed by atoms with E-state index < -0.39 is 11.9 Å². The van der Waals surface area contributed by atoms with Gasteiger partial charge in [0.2, 0.25) is 5.28 Å². The molecule has 2 aromatic heterocycles. The minimum absolute atomic E-state index is 0.00661. The highest BCUT2D eigenvalue weighted by Crippen LogP contribution is 2.31. The molecule has 1 atom stereocenters. The summed E-state index contributed by atoms with van der Waals surface area (Å²) in [6.45, 7) is 2.88. The zero-order valence-corrected chi connectivity index (χ0v) is 13.5. The zero-order valence-electron chi connectivity index (χ0n) is 12.0. The molecule has 1 fully saturated rings. The summed E-state index contributed by atoms with van der Waals surface area (Å²) in [6, 6.07) is -0.159. The van der Waals surface area contributed by atoms with Crippen LogP contribution in [0.2, 0.25) is 10.4 Å². The first-order valence-corrected chi connectivity index (χ1v) is 7.56. The summed E-state index contributed by atoms with van der Waals surface area (Å²) in [4.78, 5) is 26.1. The fraction of sp³-hybridized carbons (Fsp3) is 0.385. The number of fused-ring (bicyclic) bond motifs is 1. The smallest absolute Gasteiger partial charge is 0.407 e. The lowest BCUT2D eigenvalue weighted by Gasteiger charge is -2.39. The fourth-order valence-electron chi connectivity index (χ4n) is 2.66. The molecule has 23 heavy (non-hydrogen) atoms. The number of carbonyl (C=O) groups is 1. The zero-order chi connectivity index (χ0) is 16.7. The van der Waals surface area contributed by atoms with Crippen molar-refractivity contribution < 1.29 is 14.3 Å². The Labute approximate surface area is 140 Å². The van der Waals surface area contributed by atoms with Crippen LogP contribution in [0, 0.1) is 5.82 Å². The van der Waals surface area contributed by atoms with Crippen molar-refractivity contribution in [2.45, 2.75) is 13.0 Å². The Kier molecular flexibility index (Phi) is 4.11. The van der Waals surface area contributed by atoms with Crippen LogP contribution in [0.25, 0.3) is 10.9 Å². The van der Waals surface area contributed by atoms with Crippen molar-refractivity contribution >= 4 is 46.0 Å². The van der Waals surface area contributed by atoms with Gasteiger partial charge in [-0.25, -0.2) is 19.2 Å². The van der Waals surface area contributed by atoms with Crippen molar-refractivity contribution in [2.24, 2.45) is 0 Å². The van der Waals surface area contributed by atoms with E-state index in [-0.39, 0.29) is 22.0 Å². The number of hydrogen-bond acceptors (Lipinski definition) is 5. The van der Waals surface area contributed by atoms with Gasteiger partial charge in [-0.15, -0.1) is 0 Å². The molecule has 1 N–H and O–H groups in total. The van der Waals surface area contributed by atoms with E-state index in [0.29, 0.717) is 30.8 Å². The van der Waals surface area contributed by atoms with Crippen molar-refractivity contribution in [2.75, 3.05) is 24.5 Å². The number of anilines is 1. The molecule has 1 amide bonds. The normalized spacial score (nSPS) is 18.5. The largest absolute Gasteiger partial charge is 0.465 e. The molecule has 0 aliphatic carbocycles. The van der Waals surface area contributed by atoms with Gasteiger partial charge in [0.15, 0.2) is 11.0 Å². The molecule has 2 aromatic rings. The highest BCUT2D eigenvalue weighted by molar-refractivity contribution is 6.30. The third-order valence-electron chi connectivity index (χ3n) is 3.76. The molecular formula is C13H12Cl2FN5O2. The Hall–Kier alpha value is -1.93. The molecule has 7 nitrogen and oxygen atoms in total. The molecule has 1 saturated heterocycles. The number of rotatable bonds is 1. The average molecular weight is 360 g/mol. The molecule has 1 unspecified atom stereocenters. The van der Waals surface area contributed by atoms with E-state index in [1.165, 1.54) is 11.1 Å². The maximum Gasteiger partial charge on any atom is 0.407 e. The second-order valence-corrected chi connectivity index (χ2v) is 5.91. The lowest BCUT2D eigenvalue weighted by Crippen LogP contribution is -2.53. The molecule has 0 bridgehead atoms. The van der Waals surface area contributed by atoms with Crippen LogP contribution in [0.15, 0.2) is 6.20 Å². The first-order chi connectivity index (χ1) is 10.9. The molecule has 0 spiro atoms. The number of halogens is 3. The van der Waals surface area contributed by atoms with Crippen LogP contribution in [0.1, 0.15) is 6.92 Å². The molecule has 0 saturated carbocycles. The molecule has 3 rings (SSSR count). The highest BCUT2D eigenvalue weighted by Gasteiger charge is 2.29. The molecule has 3 heterocycles. The number of carboxylic acid groups (broad SMARTS) is 1. The number of amides is 1. The van der Waals surface area contributed by atoms with Gasteiger partial charge in [-0.3, -0.25) is 0 Å². The second-order valence-electron chi connectivity index (χ2n) is 5.21. The summed E-state index contributed by atoms with van der Waals surface area (Å²) in [5, 5.41) is 9.06. The first kappa shape index (κ1) is 15.9. The molecule has 0 radical (unpaired) electrons. The van der Waals surface area contributed by atoms with E-state index in [9.17, 15) is 9.18 Å². The lowest BCUT2D eigenvalue weighted by molar-refractivity contribution is 0.136. The average Bonchev–Trinajstić information content (AvgIpc) is 2.50. The first-order valence-electron chi connectivity index (χ1n) is 6.80. The van der Waals surface area contributed by atoms with E-state index in [1.54, 1.807) is 0 Å². The number of piperazine rings is 1. The van der Waals surface area contributed by atoms with Gasteiger partial charge in [0.05, 0.1) is 5.39 Å². The van der Waals surface area contributed by atoms with E-state index in [1.807, 2.05) is 11.8 Å². The minimum atomic E-state index is -0.971. The molecule has 0 aromatic carbocycles. The van der Waals surface area contributed by atoms with Crippen molar-refractivity contribution in [1.82, 2.24) is 19.9 Å². The Bertz CT molecular complexity index is 791. The molecule has 10 heteroatoms. The van der Waals surface area contributed by atoms with Gasteiger partial charge in [0, 0.05) is 31.9 Å². The summed E-state index contributed by atoms with van der Waals surface area (Å²) in [7, 11) is 0. The van der Waals surface area contributed by atoms with Crippen LogP contribution in [-0.2, 0) is 0 Å². The van der Waals surface area contributed by atoms with Gasteiger partial charge in [-0.2, -0.15) is 4.98 Å². The van der Waals surface area contributed by atoms with Crippen LogP contribution in [0.5, 0.6) is 0 Å². The highest BCUT2D eigenvalue weighted by atomic mass is 35.5. The Balaban J connectivity index is 2.07. The maximum absolute atomic E-state index is 14.1. The number of nitrogens with zero attached hydrogens (tertiary/aromatic N) is 5. The fourth-order valence-corrected chi connectivity index (χ4v) is 2.96. The van der Waals surface area contributed by atoms with Crippen LogP contribution >= 0.6 is 23.2 Å². The Morgan fingerprint density at radius 2 is 2.13 bits per heavy atom. The summed E-state index contributed by atoms with van der Waals surface area (Å²) in [5.41, 5.74) is -0.00661. The van der Waals surface area contributed by atoms with Gasteiger partial charge in [0.25, 0.3) is 0 Å². The topological polar surface area (TPSA) is 82.5 Å². The monoisotopic (exact) mass is 359 g/mol. The van der Waals surface area contributed by atoms with E-state index >= 15 is 0 Å². The van der Waals surface area contributed by atoms with E-state index in [2.05, 4.69) is 15.0 Å². The minimum Gasteiger partial charge on any atom is -0.465 e. The summed E-state index contributed by atoms with van der Waals surface area (Å²) < 4.78 is 14.1. The predicted octanol–water partition coefficient (Wildman–Crippen LogP) is 2.66.